The maximum Gasteiger partial charge on any atom is 0.325 e. The van der Waals surface area contributed by atoms with Crippen LogP contribution in [0, 0.1) is 6.92 Å². The Morgan fingerprint density at radius 1 is 1.18 bits per heavy atom. The van der Waals surface area contributed by atoms with Crippen LogP contribution in [-0.2, 0) is 16.9 Å². The number of aryl methyl sites for hydroxylation is 1. The van der Waals surface area contributed by atoms with E-state index in [1.54, 1.807) is 50.2 Å². The van der Waals surface area contributed by atoms with Gasteiger partial charge in [0.05, 0.1) is 6.54 Å². The first-order valence-corrected chi connectivity index (χ1v) is 7.23. The van der Waals surface area contributed by atoms with Gasteiger partial charge in [0, 0.05) is 5.02 Å². The fraction of sp³-hybridized carbons (Fsp3) is 0.250. The lowest BCUT2D eigenvalue weighted by Gasteiger charge is -2.19. The third-order valence-corrected chi connectivity index (χ3v) is 4.01. The molecular formula is C16H15ClN2O3. The van der Waals surface area contributed by atoms with Gasteiger partial charge in [0.25, 0.3) is 5.91 Å². The fourth-order valence-corrected chi connectivity index (χ4v) is 2.61. The molecule has 2 heterocycles. The topological polar surface area (TPSA) is 62.6 Å². The second kappa shape index (κ2) is 5.18. The van der Waals surface area contributed by atoms with Crippen LogP contribution < -0.4 is 5.32 Å². The number of nitrogens with one attached hydrogen (secondary N) is 1. The molecule has 6 heteroatoms. The minimum absolute atomic E-state index is 0.192. The molecule has 5 nitrogen and oxygen atoms in total. The maximum atomic E-state index is 12.7. The Labute approximate surface area is 132 Å². The largest absolute Gasteiger partial charge is 0.463 e. The van der Waals surface area contributed by atoms with Crippen molar-refractivity contribution in [2.75, 3.05) is 0 Å². The summed E-state index contributed by atoms with van der Waals surface area (Å²) >= 11 is 5.84. The van der Waals surface area contributed by atoms with E-state index in [2.05, 4.69) is 5.32 Å². The Morgan fingerprint density at radius 2 is 1.86 bits per heavy atom. The summed E-state index contributed by atoms with van der Waals surface area (Å²) in [5, 5.41) is 3.32. The number of halogens is 1. The van der Waals surface area contributed by atoms with Crippen LogP contribution in [0.3, 0.4) is 0 Å². The Kier molecular flexibility index (Phi) is 3.45. The van der Waals surface area contributed by atoms with E-state index in [-0.39, 0.29) is 12.5 Å². The van der Waals surface area contributed by atoms with E-state index < -0.39 is 11.6 Å². The molecule has 0 unspecified atom stereocenters. The molecule has 0 radical (unpaired) electrons. The van der Waals surface area contributed by atoms with Gasteiger partial charge in [-0.3, -0.25) is 9.69 Å². The molecule has 22 heavy (non-hydrogen) atoms. The van der Waals surface area contributed by atoms with E-state index in [0.29, 0.717) is 16.5 Å². The number of hydrogen-bond acceptors (Lipinski definition) is 3. The van der Waals surface area contributed by atoms with Crippen LogP contribution in [0.15, 0.2) is 40.8 Å². The number of amides is 3. The van der Waals surface area contributed by atoms with E-state index in [1.807, 2.05) is 0 Å². The highest BCUT2D eigenvalue weighted by Gasteiger charge is 2.50. The van der Waals surface area contributed by atoms with Crippen LogP contribution in [0.5, 0.6) is 0 Å². The summed E-state index contributed by atoms with van der Waals surface area (Å²) in [6.07, 6.45) is 0. The molecule has 1 saturated heterocycles. The van der Waals surface area contributed by atoms with Crippen molar-refractivity contribution < 1.29 is 14.0 Å². The van der Waals surface area contributed by atoms with Gasteiger partial charge in [0.1, 0.15) is 11.5 Å². The summed E-state index contributed by atoms with van der Waals surface area (Å²) in [7, 11) is 0. The van der Waals surface area contributed by atoms with Gasteiger partial charge in [0.2, 0.25) is 0 Å². The Balaban J connectivity index is 1.86. The summed E-state index contributed by atoms with van der Waals surface area (Å²) in [6.45, 7) is 3.63. The standard InChI is InChI=1S/C16H15ClN2O3/c1-10-3-8-13(22-10)16(2)14(20)19(15(21)18-16)9-11-4-6-12(17)7-5-11/h3-8H,9H2,1-2H3,(H,18,21)/t16-/m0/s1. The molecule has 1 fully saturated rings. The summed E-state index contributed by atoms with van der Waals surface area (Å²) in [4.78, 5) is 26.0. The highest BCUT2D eigenvalue weighted by Crippen LogP contribution is 2.31. The third-order valence-electron chi connectivity index (χ3n) is 3.76. The number of carbonyl (C=O) groups excluding carboxylic acids is 2. The summed E-state index contributed by atoms with van der Waals surface area (Å²) in [5.41, 5.74) is -0.342. The van der Waals surface area contributed by atoms with Crippen LogP contribution in [-0.4, -0.2) is 16.8 Å². The molecule has 0 spiro atoms. The van der Waals surface area contributed by atoms with Crippen molar-refractivity contribution in [2.24, 2.45) is 0 Å². The van der Waals surface area contributed by atoms with Crippen LogP contribution in [0.4, 0.5) is 4.79 Å². The molecule has 1 aliphatic rings. The van der Waals surface area contributed by atoms with E-state index >= 15 is 0 Å². The highest BCUT2D eigenvalue weighted by molar-refractivity contribution is 6.30. The lowest BCUT2D eigenvalue weighted by Crippen LogP contribution is -2.40. The molecule has 1 aliphatic heterocycles. The Bertz CT molecular complexity index is 738. The van der Waals surface area contributed by atoms with Crippen molar-refractivity contribution in [1.29, 1.82) is 0 Å². The lowest BCUT2D eigenvalue weighted by molar-refractivity contribution is -0.132. The molecule has 0 saturated carbocycles. The zero-order valence-corrected chi connectivity index (χ0v) is 13.0. The second-order valence-electron chi connectivity index (χ2n) is 5.48. The third kappa shape index (κ3) is 2.37. The number of hydrogen-bond donors (Lipinski definition) is 1. The highest BCUT2D eigenvalue weighted by atomic mass is 35.5. The monoisotopic (exact) mass is 318 g/mol. The molecular weight excluding hydrogens is 304 g/mol. The molecule has 114 valence electrons. The minimum atomic E-state index is -1.17. The number of urea groups is 1. The van der Waals surface area contributed by atoms with Crippen molar-refractivity contribution in [3.05, 3.63) is 58.5 Å². The van der Waals surface area contributed by atoms with Gasteiger partial charge < -0.3 is 9.73 Å². The molecule has 3 rings (SSSR count). The van der Waals surface area contributed by atoms with Gasteiger partial charge >= 0.3 is 6.03 Å². The molecule has 0 aliphatic carbocycles. The molecule has 2 aromatic rings. The van der Waals surface area contributed by atoms with E-state index in [1.165, 1.54) is 4.90 Å². The molecule has 1 atom stereocenters. The summed E-state index contributed by atoms with van der Waals surface area (Å²) in [5.74, 6) is 0.790. The Hall–Kier alpha value is -2.27. The van der Waals surface area contributed by atoms with Crippen LogP contribution >= 0.6 is 11.6 Å². The van der Waals surface area contributed by atoms with Crippen molar-refractivity contribution >= 4 is 23.5 Å². The van der Waals surface area contributed by atoms with E-state index in [4.69, 9.17) is 16.0 Å². The van der Waals surface area contributed by atoms with Crippen LogP contribution in [0.25, 0.3) is 0 Å². The SMILES string of the molecule is Cc1ccc([C@]2(C)NC(=O)N(Cc3ccc(Cl)cc3)C2=O)o1. The van der Waals surface area contributed by atoms with Crippen molar-refractivity contribution in [3.63, 3.8) is 0 Å². The van der Waals surface area contributed by atoms with Gasteiger partial charge in [0.15, 0.2) is 5.54 Å². The molecule has 1 aromatic heterocycles. The normalized spacial score (nSPS) is 21.3. The number of imide groups is 1. The zero-order valence-electron chi connectivity index (χ0n) is 12.2. The van der Waals surface area contributed by atoms with E-state index in [9.17, 15) is 9.59 Å². The van der Waals surface area contributed by atoms with Gasteiger partial charge in [-0.1, -0.05) is 23.7 Å². The first kappa shape index (κ1) is 14.7. The number of carbonyl (C=O) groups is 2. The molecule has 3 amide bonds. The number of nitrogens with zero attached hydrogens (tertiary/aromatic N) is 1. The maximum absolute atomic E-state index is 12.7. The van der Waals surface area contributed by atoms with E-state index in [0.717, 1.165) is 5.56 Å². The molecule has 0 bridgehead atoms. The first-order chi connectivity index (χ1) is 10.4. The van der Waals surface area contributed by atoms with Crippen LogP contribution in [0.1, 0.15) is 24.0 Å². The minimum Gasteiger partial charge on any atom is -0.463 e. The Morgan fingerprint density at radius 3 is 2.45 bits per heavy atom. The fourth-order valence-electron chi connectivity index (χ4n) is 2.48. The predicted molar refractivity (Wildman–Crippen MR) is 81.3 cm³/mol. The second-order valence-corrected chi connectivity index (χ2v) is 5.92. The summed E-state index contributed by atoms with van der Waals surface area (Å²) < 4.78 is 5.52. The van der Waals surface area contributed by atoms with Crippen molar-refractivity contribution in [2.45, 2.75) is 25.9 Å². The number of rotatable bonds is 3. The number of benzene rings is 1. The molecule has 1 N–H and O–H groups in total. The lowest BCUT2D eigenvalue weighted by atomic mass is 9.99. The smallest absolute Gasteiger partial charge is 0.325 e. The predicted octanol–water partition coefficient (Wildman–Crippen LogP) is 3.21. The van der Waals surface area contributed by atoms with Crippen molar-refractivity contribution in [1.82, 2.24) is 10.2 Å². The first-order valence-electron chi connectivity index (χ1n) is 6.85. The van der Waals surface area contributed by atoms with Gasteiger partial charge in [-0.05, 0) is 43.7 Å². The van der Waals surface area contributed by atoms with Crippen LogP contribution in [0.2, 0.25) is 5.02 Å². The number of furan rings is 1. The van der Waals surface area contributed by atoms with Gasteiger partial charge in [-0.15, -0.1) is 0 Å². The van der Waals surface area contributed by atoms with Crippen molar-refractivity contribution in [3.8, 4) is 0 Å². The average molecular weight is 319 g/mol. The summed E-state index contributed by atoms with van der Waals surface area (Å²) in [6, 6.07) is 10.1. The van der Waals surface area contributed by atoms with Gasteiger partial charge in [-0.25, -0.2) is 4.79 Å². The zero-order chi connectivity index (χ0) is 15.9. The molecule has 1 aromatic carbocycles. The van der Waals surface area contributed by atoms with Gasteiger partial charge in [-0.2, -0.15) is 0 Å². The quantitative estimate of drug-likeness (QED) is 0.884. The average Bonchev–Trinajstić information content (AvgIpc) is 3.00.